The average Bonchev–Trinajstić information content (AvgIpc) is 2.79. The molecule has 31 heavy (non-hydrogen) atoms. The molecule has 0 amide bonds. The highest BCUT2D eigenvalue weighted by Crippen LogP contribution is 2.35. The summed E-state index contributed by atoms with van der Waals surface area (Å²) in [7, 11) is 2.05. The molecule has 5 nitrogen and oxygen atoms in total. The molecule has 0 spiro atoms. The van der Waals surface area contributed by atoms with Crippen LogP contribution < -0.4 is 14.4 Å². The smallest absolute Gasteiger partial charge is 0.161 e. The van der Waals surface area contributed by atoms with Gasteiger partial charge < -0.3 is 14.4 Å². The van der Waals surface area contributed by atoms with Crippen molar-refractivity contribution in [2.45, 2.75) is 20.4 Å². The molecule has 0 unspecified atom stereocenters. The van der Waals surface area contributed by atoms with Crippen LogP contribution in [0.5, 0.6) is 11.5 Å². The first-order valence-electron chi connectivity index (χ1n) is 10.5. The van der Waals surface area contributed by atoms with Gasteiger partial charge in [-0.25, -0.2) is 0 Å². The number of aryl methyl sites for hydroxylation is 2. The molecule has 4 aromatic rings. The van der Waals surface area contributed by atoms with Crippen LogP contribution in [0.25, 0.3) is 22.0 Å². The number of nitrogens with zero attached hydrogens (tertiary/aromatic N) is 3. The van der Waals surface area contributed by atoms with Crippen molar-refractivity contribution in [3.8, 4) is 22.8 Å². The van der Waals surface area contributed by atoms with Crippen LogP contribution in [0.4, 0.5) is 5.82 Å². The average molecular weight is 412 g/mol. The van der Waals surface area contributed by atoms with E-state index in [1.165, 1.54) is 11.1 Å². The number of aromatic nitrogens is 2. The summed E-state index contributed by atoms with van der Waals surface area (Å²) in [5.74, 6) is 2.47. The second-order valence-corrected chi connectivity index (χ2v) is 8.02. The van der Waals surface area contributed by atoms with Crippen molar-refractivity contribution >= 4 is 16.6 Å². The van der Waals surface area contributed by atoms with E-state index in [0.717, 1.165) is 44.9 Å². The zero-order valence-electron chi connectivity index (χ0n) is 18.1. The van der Waals surface area contributed by atoms with Gasteiger partial charge in [0, 0.05) is 29.9 Å². The van der Waals surface area contributed by atoms with E-state index in [1.807, 2.05) is 19.2 Å². The lowest BCUT2D eigenvalue weighted by molar-refractivity contribution is 0.171. The molecular formula is C26H25N3O2. The molecule has 0 radical (unpaired) electrons. The fourth-order valence-corrected chi connectivity index (χ4v) is 4.28. The molecule has 5 heteroatoms. The predicted molar refractivity (Wildman–Crippen MR) is 124 cm³/mol. The molecule has 3 aromatic carbocycles. The number of benzene rings is 3. The van der Waals surface area contributed by atoms with Crippen molar-refractivity contribution in [2.24, 2.45) is 0 Å². The van der Waals surface area contributed by atoms with E-state index in [2.05, 4.69) is 72.4 Å². The summed E-state index contributed by atoms with van der Waals surface area (Å²) >= 11 is 0. The van der Waals surface area contributed by atoms with E-state index in [0.29, 0.717) is 19.8 Å². The summed E-state index contributed by atoms with van der Waals surface area (Å²) in [6.07, 6.45) is 0. The summed E-state index contributed by atoms with van der Waals surface area (Å²) in [4.78, 5) is 2.13. The van der Waals surface area contributed by atoms with E-state index in [-0.39, 0.29) is 0 Å². The molecule has 0 saturated heterocycles. The Bertz CT molecular complexity index is 1250. The Morgan fingerprint density at radius 1 is 0.806 bits per heavy atom. The SMILES string of the molecule is Cc1cccc(C)c1-c1nnc(N(C)Cc2ccc3c(c2)OCCO3)c2ccccc12. The van der Waals surface area contributed by atoms with Crippen LogP contribution in [0.15, 0.2) is 60.7 Å². The van der Waals surface area contributed by atoms with E-state index in [1.54, 1.807) is 0 Å². The first kappa shape index (κ1) is 19.4. The number of fused-ring (bicyclic) bond motifs is 2. The first-order chi connectivity index (χ1) is 15.1. The van der Waals surface area contributed by atoms with Gasteiger partial charge in [-0.1, -0.05) is 48.5 Å². The van der Waals surface area contributed by atoms with Gasteiger partial charge in [-0.15, -0.1) is 10.2 Å². The lowest BCUT2D eigenvalue weighted by Gasteiger charge is -2.23. The van der Waals surface area contributed by atoms with Crippen molar-refractivity contribution in [1.82, 2.24) is 10.2 Å². The molecule has 1 aliphatic heterocycles. The van der Waals surface area contributed by atoms with Crippen LogP contribution in [-0.2, 0) is 6.54 Å². The molecule has 0 aliphatic carbocycles. The number of rotatable bonds is 4. The lowest BCUT2D eigenvalue weighted by Crippen LogP contribution is -2.20. The molecule has 0 fully saturated rings. The summed E-state index contributed by atoms with van der Waals surface area (Å²) in [5.41, 5.74) is 5.64. The number of anilines is 1. The van der Waals surface area contributed by atoms with Gasteiger partial charge in [0.1, 0.15) is 18.9 Å². The van der Waals surface area contributed by atoms with E-state index in [9.17, 15) is 0 Å². The van der Waals surface area contributed by atoms with Crippen LogP contribution in [-0.4, -0.2) is 30.5 Å². The Labute approximate surface area is 182 Å². The van der Waals surface area contributed by atoms with E-state index in [4.69, 9.17) is 14.6 Å². The summed E-state index contributed by atoms with van der Waals surface area (Å²) in [6.45, 7) is 6.13. The van der Waals surface area contributed by atoms with Crippen LogP contribution in [0.3, 0.4) is 0 Å². The molecular weight excluding hydrogens is 386 g/mol. The van der Waals surface area contributed by atoms with Crippen LogP contribution >= 0.6 is 0 Å². The van der Waals surface area contributed by atoms with Crippen molar-refractivity contribution in [2.75, 3.05) is 25.2 Å². The van der Waals surface area contributed by atoms with E-state index >= 15 is 0 Å². The Hall–Kier alpha value is -3.60. The standard InChI is InChI=1S/C26H25N3O2/c1-17-7-6-8-18(2)24(17)25-20-9-4-5-10-21(20)26(28-27-25)29(3)16-19-11-12-22-23(15-19)31-14-13-30-22/h4-12,15H,13-14,16H2,1-3H3. The third-order valence-electron chi connectivity index (χ3n) is 5.77. The third kappa shape index (κ3) is 3.56. The fraction of sp³-hybridized carbons (Fsp3) is 0.231. The summed E-state index contributed by atoms with van der Waals surface area (Å²) in [5, 5.41) is 11.6. The molecule has 0 saturated carbocycles. The molecule has 0 N–H and O–H groups in total. The molecule has 0 atom stereocenters. The van der Waals surface area contributed by atoms with Crippen LogP contribution in [0.2, 0.25) is 0 Å². The second-order valence-electron chi connectivity index (χ2n) is 8.02. The van der Waals surface area contributed by atoms with Gasteiger partial charge in [-0.2, -0.15) is 0 Å². The zero-order valence-corrected chi connectivity index (χ0v) is 18.1. The Morgan fingerprint density at radius 2 is 1.52 bits per heavy atom. The van der Waals surface area contributed by atoms with Crippen molar-refractivity contribution < 1.29 is 9.47 Å². The molecule has 1 aromatic heterocycles. The number of ether oxygens (including phenoxy) is 2. The maximum atomic E-state index is 5.74. The maximum Gasteiger partial charge on any atom is 0.161 e. The largest absolute Gasteiger partial charge is 0.486 e. The minimum absolute atomic E-state index is 0.586. The molecule has 156 valence electrons. The third-order valence-corrected chi connectivity index (χ3v) is 5.77. The Morgan fingerprint density at radius 3 is 2.29 bits per heavy atom. The second kappa shape index (κ2) is 7.91. The highest BCUT2D eigenvalue weighted by Gasteiger charge is 2.17. The van der Waals surface area contributed by atoms with Crippen LogP contribution in [0, 0.1) is 13.8 Å². The zero-order chi connectivity index (χ0) is 21.4. The molecule has 1 aliphatic rings. The minimum Gasteiger partial charge on any atom is -0.486 e. The minimum atomic E-state index is 0.586. The monoisotopic (exact) mass is 411 g/mol. The Balaban J connectivity index is 1.54. The highest BCUT2D eigenvalue weighted by molar-refractivity contribution is 6.01. The number of hydrogen-bond acceptors (Lipinski definition) is 5. The van der Waals surface area contributed by atoms with E-state index < -0.39 is 0 Å². The summed E-state index contributed by atoms with van der Waals surface area (Å²) < 4.78 is 11.4. The van der Waals surface area contributed by atoms with Gasteiger partial charge in [0.05, 0.1) is 0 Å². The quantitative estimate of drug-likeness (QED) is 0.455. The van der Waals surface area contributed by atoms with Crippen molar-refractivity contribution in [3.05, 3.63) is 77.4 Å². The van der Waals surface area contributed by atoms with Gasteiger partial charge in [0.25, 0.3) is 0 Å². The summed E-state index contributed by atoms with van der Waals surface area (Å²) in [6, 6.07) is 20.8. The molecule has 0 bridgehead atoms. The highest BCUT2D eigenvalue weighted by atomic mass is 16.6. The van der Waals surface area contributed by atoms with Gasteiger partial charge in [-0.05, 0) is 42.7 Å². The number of hydrogen-bond donors (Lipinski definition) is 0. The Kier molecular flexibility index (Phi) is 4.94. The van der Waals surface area contributed by atoms with Crippen molar-refractivity contribution in [3.63, 3.8) is 0 Å². The predicted octanol–water partition coefficient (Wildman–Crippen LogP) is 5.32. The fourth-order valence-electron chi connectivity index (χ4n) is 4.28. The molecule has 2 heterocycles. The maximum absolute atomic E-state index is 5.74. The van der Waals surface area contributed by atoms with Gasteiger partial charge in [0.2, 0.25) is 0 Å². The van der Waals surface area contributed by atoms with Crippen molar-refractivity contribution in [1.29, 1.82) is 0 Å². The molecule has 5 rings (SSSR count). The normalized spacial score (nSPS) is 12.7. The van der Waals surface area contributed by atoms with Gasteiger partial charge >= 0.3 is 0 Å². The van der Waals surface area contributed by atoms with Gasteiger partial charge in [0.15, 0.2) is 17.3 Å². The van der Waals surface area contributed by atoms with Crippen LogP contribution in [0.1, 0.15) is 16.7 Å². The first-order valence-corrected chi connectivity index (χ1v) is 10.5. The topological polar surface area (TPSA) is 47.5 Å². The lowest BCUT2D eigenvalue weighted by atomic mass is 9.96. The van der Waals surface area contributed by atoms with Gasteiger partial charge in [-0.3, -0.25) is 0 Å².